The smallest absolute Gasteiger partial charge is 0.266 e. The summed E-state index contributed by atoms with van der Waals surface area (Å²) < 4.78 is 0. The van der Waals surface area contributed by atoms with Gasteiger partial charge >= 0.3 is 0 Å². The quantitative estimate of drug-likeness (QED) is 0.174. The van der Waals surface area contributed by atoms with Crippen LogP contribution in [0, 0.1) is 0 Å². The molecule has 198 valence electrons. The standard InChI is InChI=1S/C34H29N3OS2/c1-3-36-29-21-18-26-12-8-9-13-28(26)32(29)40-31(36)23-22-30-33(38)37(4-2)34(39-30)35-27-19-16-25(17-20-27)15-14-24-10-6-5-7-11-24/h5-23H,3-4H2,1-2H3. The van der Waals surface area contributed by atoms with Crippen LogP contribution in [0.2, 0.25) is 0 Å². The van der Waals surface area contributed by atoms with Gasteiger partial charge in [0, 0.05) is 18.0 Å². The van der Waals surface area contributed by atoms with Crippen molar-refractivity contribution in [1.29, 1.82) is 0 Å². The van der Waals surface area contributed by atoms with Crippen molar-refractivity contribution in [2.24, 2.45) is 4.99 Å². The lowest BCUT2D eigenvalue weighted by Crippen LogP contribution is -2.28. The van der Waals surface area contributed by atoms with Crippen molar-refractivity contribution in [2.45, 2.75) is 18.7 Å². The molecule has 0 aliphatic carbocycles. The molecule has 2 aliphatic heterocycles. The molecule has 0 atom stereocenters. The number of amidine groups is 1. The number of aliphatic imine (C=N–C) groups is 1. The van der Waals surface area contributed by atoms with Gasteiger partial charge in [-0.15, -0.1) is 0 Å². The summed E-state index contributed by atoms with van der Waals surface area (Å²) in [6.07, 6.45) is 8.22. The van der Waals surface area contributed by atoms with E-state index in [0.29, 0.717) is 16.6 Å². The number of amides is 1. The normalized spacial score (nSPS) is 18.2. The lowest BCUT2D eigenvalue weighted by molar-refractivity contribution is -0.122. The molecule has 4 nitrogen and oxygen atoms in total. The highest BCUT2D eigenvalue weighted by molar-refractivity contribution is 8.18. The van der Waals surface area contributed by atoms with Gasteiger partial charge in [0.2, 0.25) is 0 Å². The third-order valence-electron chi connectivity index (χ3n) is 6.91. The van der Waals surface area contributed by atoms with Gasteiger partial charge in [-0.1, -0.05) is 96.7 Å². The fourth-order valence-corrected chi connectivity index (χ4v) is 7.10. The Bertz CT molecular complexity index is 1690. The molecule has 1 saturated heterocycles. The molecule has 0 bridgehead atoms. The van der Waals surface area contributed by atoms with Crippen molar-refractivity contribution < 1.29 is 4.79 Å². The summed E-state index contributed by atoms with van der Waals surface area (Å²) in [5.41, 5.74) is 4.32. The lowest BCUT2D eigenvalue weighted by Gasteiger charge is -2.17. The van der Waals surface area contributed by atoms with Gasteiger partial charge in [-0.05, 0) is 77.9 Å². The number of anilines is 1. The summed E-state index contributed by atoms with van der Waals surface area (Å²) in [5.74, 6) is -0.000441. The van der Waals surface area contributed by atoms with Crippen LogP contribution in [0.1, 0.15) is 25.0 Å². The SMILES string of the molecule is CCN1C(=O)C(=CC=C2Sc3c(ccc4ccccc34)N2CC)SC1=Nc1ccc(C=Cc2ccccc2)cc1. The fourth-order valence-electron chi connectivity index (χ4n) is 4.84. The van der Waals surface area contributed by atoms with Crippen LogP contribution in [0.4, 0.5) is 11.4 Å². The molecule has 0 saturated carbocycles. The molecule has 1 fully saturated rings. The number of benzene rings is 4. The van der Waals surface area contributed by atoms with Gasteiger partial charge in [0.15, 0.2) is 5.17 Å². The van der Waals surface area contributed by atoms with Gasteiger partial charge in [0.1, 0.15) is 0 Å². The Morgan fingerprint density at radius 3 is 2.17 bits per heavy atom. The number of carbonyl (C=O) groups is 1. The van der Waals surface area contributed by atoms with Gasteiger partial charge in [-0.3, -0.25) is 9.69 Å². The number of rotatable bonds is 6. The molecule has 0 spiro atoms. The molecule has 1 amide bonds. The van der Waals surface area contributed by atoms with E-state index in [-0.39, 0.29) is 5.91 Å². The summed E-state index contributed by atoms with van der Waals surface area (Å²) in [6, 6.07) is 31.2. The Labute approximate surface area is 243 Å². The van der Waals surface area contributed by atoms with Crippen molar-refractivity contribution in [1.82, 2.24) is 4.90 Å². The van der Waals surface area contributed by atoms with Gasteiger partial charge < -0.3 is 4.90 Å². The molecule has 40 heavy (non-hydrogen) atoms. The van der Waals surface area contributed by atoms with Crippen molar-refractivity contribution >= 4 is 68.9 Å². The molecule has 0 N–H and O–H groups in total. The number of likely N-dealkylation sites (N-methyl/N-ethyl adjacent to an activating group) is 1. The average molecular weight is 560 g/mol. The third-order valence-corrected chi connectivity index (χ3v) is 9.13. The van der Waals surface area contributed by atoms with Crippen molar-refractivity contribution in [3.05, 3.63) is 124 Å². The third kappa shape index (κ3) is 5.25. The molecule has 0 aromatic heterocycles. The Balaban J connectivity index is 1.22. The average Bonchev–Trinajstić information content (AvgIpc) is 3.52. The van der Waals surface area contributed by atoms with E-state index in [0.717, 1.165) is 28.4 Å². The summed E-state index contributed by atoms with van der Waals surface area (Å²) in [5, 5.41) is 4.34. The Morgan fingerprint density at radius 1 is 0.725 bits per heavy atom. The number of fused-ring (bicyclic) bond motifs is 3. The van der Waals surface area contributed by atoms with E-state index in [1.54, 1.807) is 16.7 Å². The van der Waals surface area contributed by atoms with E-state index in [4.69, 9.17) is 4.99 Å². The number of hydrogen-bond donors (Lipinski definition) is 0. The second kappa shape index (κ2) is 11.6. The number of carbonyl (C=O) groups excluding carboxylic acids is 1. The van der Waals surface area contributed by atoms with Crippen molar-refractivity contribution in [3.63, 3.8) is 0 Å². The Morgan fingerprint density at radius 2 is 1.43 bits per heavy atom. The van der Waals surface area contributed by atoms with Crippen molar-refractivity contribution in [2.75, 3.05) is 18.0 Å². The van der Waals surface area contributed by atoms with Gasteiger partial charge in [-0.25, -0.2) is 4.99 Å². The first-order valence-electron chi connectivity index (χ1n) is 13.5. The van der Waals surface area contributed by atoms with Gasteiger partial charge in [0.25, 0.3) is 5.91 Å². The lowest BCUT2D eigenvalue weighted by atomic mass is 10.1. The molecule has 6 rings (SSSR count). The topological polar surface area (TPSA) is 35.9 Å². The molecule has 2 heterocycles. The number of thioether (sulfide) groups is 2. The van der Waals surface area contributed by atoms with E-state index in [1.165, 1.54) is 33.1 Å². The van der Waals surface area contributed by atoms with Gasteiger partial charge in [-0.2, -0.15) is 0 Å². The predicted molar refractivity (Wildman–Crippen MR) is 173 cm³/mol. The molecule has 6 heteroatoms. The predicted octanol–water partition coefficient (Wildman–Crippen LogP) is 8.95. The molecule has 0 radical (unpaired) electrons. The van der Waals surface area contributed by atoms with Crippen LogP contribution >= 0.6 is 23.5 Å². The van der Waals surface area contributed by atoms with Crippen LogP contribution in [0.25, 0.3) is 22.9 Å². The highest BCUT2D eigenvalue weighted by Gasteiger charge is 2.32. The molecule has 4 aromatic rings. The highest BCUT2D eigenvalue weighted by atomic mass is 32.2. The minimum absolute atomic E-state index is 0.000441. The van der Waals surface area contributed by atoms with E-state index >= 15 is 0 Å². The molecule has 4 aromatic carbocycles. The van der Waals surface area contributed by atoms with E-state index in [1.807, 2.05) is 43.3 Å². The molecule has 0 unspecified atom stereocenters. The molecule has 2 aliphatic rings. The minimum atomic E-state index is -0.000441. The number of nitrogens with zero attached hydrogens (tertiary/aromatic N) is 3. The fraction of sp³-hybridized carbons (Fsp3) is 0.118. The van der Waals surface area contributed by atoms with Crippen LogP contribution in [-0.2, 0) is 4.79 Å². The summed E-state index contributed by atoms with van der Waals surface area (Å²) >= 11 is 3.21. The first kappa shape index (κ1) is 26.2. The zero-order chi connectivity index (χ0) is 27.5. The second-order valence-electron chi connectivity index (χ2n) is 9.40. The minimum Gasteiger partial charge on any atom is -0.335 e. The number of allylic oxidation sites excluding steroid dienone is 2. The van der Waals surface area contributed by atoms with Crippen molar-refractivity contribution in [3.8, 4) is 0 Å². The maximum atomic E-state index is 13.3. The van der Waals surface area contributed by atoms with Crippen LogP contribution in [0.3, 0.4) is 0 Å². The zero-order valence-electron chi connectivity index (χ0n) is 22.5. The summed E-state index contributed by atoms with van der Waals surface area (Å²) in [6.45, 7) is 5.58. The molecular weight excluding hydrogens is 531 g/mol. The first-order valence-corrected chi connectivity index (χ1v) is 15.1. The first-order chi connectivity index (χ1) is 19.6. The van der Waals surface area contributed by atoms with Crippen LogP contribution in [-0.4, -0.2) is 29.1 Å². The van der Waals surface area contributed by atoms with Crippen LogP contribution in [0.5, 0.6) is 0 Å². The van der Waals surface area contributed by atoms with Crippen LogP contribution in [0.15, 0.2) is 123 Å². The van der Waals surface area contributed by atoms with Gasteiger partial charge in [0.05, 0.1) is 21.3 Å². The number of hydrogen-bond acceptors (Lipinski definition) is 5. The Kier molecular flexibility index (Phi) is 7.62. The maximum Gasteiger partial charge on any atom is 0.266 e. The summed E-state index contributed by atoms with van der Waals surface area (Å²) in [4.78, 5) is 24.1. The Hall–Kier alpha value is -4.00. The largest absolute Gasteiger partial charge is 0.335 e. The second-order valence-corrected chi connectivity index (χ2v) is 11.4. The highest BCUT2D eigenvalue weighted by Crippen LogP contribution is 2.49. The monoisotopic (exact) mass is 559 g/mol. The van der Waals surface area contributed by atoms with Crippen LogP contribution < -0.4 is 4.90 Å². The van der Waals surface area contributed by atoms with E-state index in [9.17, 15) is 4.79 Å². The van der Waals surface area contributed by atoms with E-state index in [2.05, 4.69) is 90.7 Å². The summed E-state index contributed by atoms with van der Waals surface area (Å²) in [7, 11) is 0. The zero-order valence-corrected chi connectivity index (χ0v) is 24.1. The maximum absolute atomic E-state index is 13.3. The van der Waals surface area contributed by atoms with E-state index < -0.39 is 0 Å². The molecular formula is C34H29N3OS2.